The van der Waals surface area contributed by atoms with Gasteiger partial charge in [0.05, 0.1) is 0 Å². The van der Waals surface area contributed by atoms with Crippen LogP contribution in [-0.4, -0.2) is 6.88 Å². The molecule has 0 radical (unpaired) electrons. The first kappa shape index (κ1) is 37.7. The van der Waals surface area contributed by atoms with E-state index in [9.17, 15) is 0 Å². The molecule has 0 saturated heterocycles. The summed E-state index contributed by atoms with van der Waals surface area (Å²) in [6, 6.07) is 41.6. The van der Waals surface area contributed by atoms with E-state index in [-0.39, 0.29) is 24.8 Å². The van der Waals surface area contributed by atoms with Gasteiger partial charge >= 0.3 is 297 Å². The fourth-order valence-corrected chi connectivity index (χ4v) is 34.1. The van der Waals surface area contributed by atoms with Crippen molar-refractivity contribution in [1.82, 2.24) is 0 Å². The summed E-state index contributed by atoms with van der Waals surface area (Å²) in [5.74, 6) is 0. The monoisotopic (exact) mass is 802 g/mol. The molecule has 0 N–H and O–H groups in total. The zero-order chi connectivity index (χ0) is 34.1. The van der Waals surface area contributed by atoms with Gasteiger partial charge in [-0.25, -0.2) is 0 Å². The van der Waals surface area contributed by atoms with Gasteiger partial charge in [0.25, 0.3) is 0 Å². The van der Waals surface area contributed by atoms with Crippen molar-refractivity contribution in [3.63, 3.8) is 0 Å². The van der Waals surface area contributed by atoms with E-state index in [0.717, 1.165) is 6.42 Å². The van der Waals surface area contributed by atoms with E-state index in [2.05, 4.69) is 170 Å². The SMILES string of the molecule is CCC1=Cc2c(-c3cccc4ccccc34)cc(C)cc2[CH]1[Zr](=[SiH2])([CH2]C)([CH2]C)[CH]1C(C)=Cc2c(-c3cccc4ccccc34)cc(C)cc21.Cl.Cl. The van der Waals surface area contributed by atoms with Crippen molar-refractivity contribution in [2.45, 2.75) is 63.5 Å². The summed E-state index contributed by atoms with van der Waals surface area (Å²) in [5, 5.41) is 5.32. The van der Waals surface area contributed by atoms with Crippen molar-refractivity contribution in [2.24, 2.45) is 0 Å². The minimum absolute atomic E-state index is 0. The van der Waals surface area contributed by atoms with Crippen LogP contribution in [0.3, 0.4) is 0 Å². The number of allylic oxidation sites excluding steroid dienone is 2. The molecule has 0 heterocycles. The molecule has 8 rings (SSSR count). The van der Waals surface area contributed by atoms with Crippen LogP contribution in [0.2, 0.25) is 8.26 Å². The van der Waals surface area contributed by atoms with Gasteiger partial charge in [-0.3, -0.25) is 0 Å². The predicted molar refractivity (Wildman–Crippen MR) is 230 cm³/mol. The number of aryl methyl sites for hydroxylation is 2. The van der Waals surface area contributed by atoms with Gasteiger partial charge < -0.3 is 0 Å². The summed E-state index contributed by atoms with van der Waals surface area (Å²) >= 11 is -3.85. The maximum atomic E-state index is 2.65. The summed E-state index contributed by atoms with van der Waals surface area (Å²) < 4.78 is 3.67. The maximum Gasteiger partial charge on any atom is -0.147 e. The van der Waals surface area contributed by atoms with E-state index < -0.39 is 17.4 Å². The number of hydrogen-bond acceptors (Lipinski definition) is 0. The molecule has 2 unspecified atom stereocenters. The maximum absolute atomic E-state index is 3.85. The molecule has 0 nitrogen and oxygen atoms in total. The first-order valence-corrected chi connectivity index (χ1v) is 30.6. The molecule has 6 aromatic rings. The van der Waals surface area contributed by atoms with E-state index >= 15 is 0 Å². The first-order valence-electron chi connectivity index (χ1n) is 18.4. The molecule has 0 spiro atoms. The van der Waals surface area contributed by atoms with Gasteiger partial charge in [0.2, 0.25) is 0 Å². The zero-order valence-electron chi connectivity index (χ0n) is 30.8. The number of hydrogen-bond donors (Lipinski definition) is 0. The third kappa shape index (κ3) is 5.72. The summed E-state index contributed by atoms with van der Waals surface area (Å²) in [6.45, 7) is 17.2. The van der Waals surface area contributed by atoms with Crippen molar-refractivity contribution < 1.29 is 17.4 Å². The van der Waals surface area contributed by atoms with Crippen LogP contribution in [0.25, 0.3) is 56.0 Å². The van der Waals surface area contributed by atoms with Gasteiger partial charge in [-0.1, -0.05) is 0 Å². The average molecular weight is 805 g/mol. The third-order valence-corrected chi connectivity index (χ3v) is 43.7. The Morgan fingerprint density at radius 3 is 1.47 bits per heavy atom. The standard InChI is InChI=1S/C22H19.C21H17.2C2H5.2ClH.H2Si.Zr/c1-3-16-13-18-11-15(2)12-22(21(18)14-16)20-10-6-8-17-7-4-5-9-19(17)20;1-14-10-17-11-15(2)13-21(20(17)12-14)19-9-5-7-16-6-3-4-8-18(16)19;2*1-2;;;;/h4-14H,3H2,1-2H3;3-13H,1-2H3;2*1H2,2H3;2*1H;1H2;. The van der Waals surface area contributed by atoms with Crippen LogP contribution in [0.1, 0.15) is 74.7 Å². The first-order chi connectivity index (χ1) is 23.7. The molecule has 0 saturated carbocycles. The Labute approximate surface area is 319 Å². The van der Waals surface area contributed by atoms with E-state index in [4.69, 9.17) is 0 Å². The normalized spacial score (nSPS) is 16.6. The van der Waals surface area contributed by atoms with Crippen LogP contribution in [0, 0.1) is 13.8 Å². The van der Waals surface area contributed by atoms with Gasteiger partial charge in [0, 0.05) is 0 Å². The average Bonchev–Trinajstić information content (AvgIpc) is 3.68. The number of rotatable bonds is 7. The summed E-state index contributed by atoms with van der Waals surface area (Å²) in [4.78, 5) is 0. The fraction of sp³-hybridized carbons (Fsp3) is 0.234. The summed E-state index contributed by atoms with van der Waals surface area (Å²) in [6.07, 6.45) is 6.36. The molecule has 260 valence electrons. The Morgan fingerprint density at radius 1 is 0.529 bits per heavy atom. The quantitative estimate of drug-likeness (QED) is 0.141. The smallest absolute Gasteiger partial charge is 0.147 e. The Bertz CT molecular complexity index is 2450. The van der Waals surface area contributed by atoms with E-state index in [1.54, 1.807) is 22.3 Å². The molecule has 2 aliphatic carbocycles. The van der Waals surface area contributed by atoms with Crippen LogP contribution in [0.5, 0.6) is 0 Å². The Hall–Kier alpha value is -3.00. The molecule has 0 amide bonds. The van der Waals surface area contributed by atoms with Crippen LogP contribution in [-0.2, 0) is 17.4 Å². The second-order valence-electron chi connectivity index (χ2n) is 15.4. The second kappa shape index (κ2) is 14.1. The van der Waals surface area contributed by atoms with Gasteiger partial charge in [-0.2, -0.15) is 0 Å². The van der Waals surface area contributed by atoms with Crippen molar-refractivity contribution >= 4 is 65.4 Å². The molecule has 0 aromatic heterocycles. The minimum atomic E-state index is -3.85. The van der Waals surface area contributed by atoms with Crippen molar-refractivity contribution in [3.8, 4) is 22.3 Å². The van der Waals surface area contributed by atoms with Crippen LogP contribution < -0.4 is 0 Å². The van der Waals surface area contributed by atoms with Crippen LogP contribution >= 0.6 is 24.8 Å². The summed E-state index contributed by atoms with van der Waals surface area (Å²) in [7, 11) is 0. The molecular formula is C47H50Cl2SiZr. The largest absolute Gasteiger partial charge is 0.147 e. The minimum Gasteiger partial charge on any atom is -0.147 e. The summed E-state index contributed by atoms with van der Waals surface area (Å²) in [5.41, 5.74) is 17.7. The topological polar surface area (TPSA) is 0 Å². The molecule has 0 fully saturated rings. The molecule has 0 aliphatic heterocycles. The molecule has 2 aliphatic rings. The molecule has 4 heteroatoms. The predicted octanol–water partition coefficient (Wildman–Crippen LogP) is 13.9. The zero-order valence-corrected chi connectivity index (χ0v) is 36.4. The third-order valence-electron chi connectivity index (χ3n) is 12.8. The Balaban J connectivity index is 0.00000224. The molecule has 6 aromatic carbocycles. The van der Waals surface area contributed by atoms with Gasteiger partial charge in [0.15, 0.2) is 0 Å². The van der Waals surface area contributed by atoms with E-state index in [0.29, 0.717) is 7.25 Å². The molecule has 51 heavy (non-hydrogen) atoms. The van der Waals surface area contributed by atoms with Gasteiger partial charge in [-0.05, 0) is 0 Å². The van der Waals surface area contributed by atoms with Crippen molar-refractivity contribution in [3.05, 3.63) is 154 Å². The fourth-order valence-electron chi connectivity index (χ4n) is 10.3. The molecule has 0 bridgehead atoms. The van der Waals surface area contributed by atoms with Gasteiger partial charge in [-0.15, -0.1) is 24.8 Å². The van der Waals surface area contributed by atoms with E-state index in [1.807, 2.05) is 0 Å². The molecule has 2 atom stereocenters. The van der Waals surface area contributed by atoms with Crippen molar-refractivity contribution in [2.75, 3.05) is 0 Å². The van der Waals surface area contributed by atoms with Gasteiger partial charge in [0.1, 0.15) is 0 Å². The van der Waals surface area contributed by atoms with Crippen LogP contribution in [0.15, 0.2) is 120 Å². The molecular weight excluding hydrogens is 755 g/mol. The number of benzene rings is 6. The number of halogens is 2. The number of fused-ring (bicyclic) bond motifs is 4. The van der Waals surface area contributed by atoms with Crippen LogP contribution in [0.4, 0.5) is 0 Å². The second-order valence-corrected chi connectivity index (χ2v) is 42.9. The Morgan fingerprint density at radius 2 is 0.980 bits per heavy atom. The van der Waals surface area contributed by atoms with Crippen molar-refractivity contribution in [1.29, 1.82) is 0 Å². The van der Waals surface area contributed by atoms with E-state index in [1.165, 1.54) is 74.3 Å². The Kier molecular flexibility index (Phi) is 10.4.